The number of methoxy groups -OCH3 is 1. The van der Waals surface area contributed by atoms with Crippen molar-refractivity contribution < 1.29 is 9.53 Å². The van der Waals surface area contributed by atoms with Crippen molar-refractivity contribution in [1.82, 2.24) is 0 Å². The van der Waals surface area contributed by atoms with Gasteiger partial charge in [-0.15, -0.1) is 0 Å². The third-order valence-corrected chi connectivity index (χ3v) is 2.05. The van der Waals surface area contributed by atoms with E-state index >= 15 is 0 Å². The van der Waals surface area contributed by atoms with Gasteiger partial charge in [-0.3, -0.25) is 4.79 Å². The molecule has 0 atom stereocenters. The van der Waals surface area contributed by atoms with Crippen LogP contribution in [0.4, 0.5) is 5.69 Å². The van der Waals surface area contributed by atoms with E-state index < -0.39 is 0 Å². The summed E-state index contributed by atoms with van der Waals surface area (Å²) in [7, 11) is 1.58. The summed E-state index contributed by atoms with van der Waals surface area (Å²) in [5.74, 6) is 2.67. The van der Waals surface area contributed by atoms with Gasteiger partial charge in [0.15, 0.2) is 0 Å². The van der Waals surface area contributed by atoms with Crippen LogP contribution in [0.5, 0.6) is 5.75 Å². The second-order valence-electron chi connectivity index (χ2n) is 2.85. The minimum atomic E-state index is -0.358. The van der Waals surface area contributed by atoms with Gasteiger partial charge < -0.3 is 10.1 Å². The lowest BCUT2D eigenvalue weighted by Gasteiger charge is -2.07. The number of benzene rings is 1. The van der Waals surface area contributed by atoms with E-state index in [2.05, 4.69) is 32.0 Å². The van der Waals surface area contributed by atoms with Crippen molar-refractivity contribution in [2.45, 2.75) is 6.92 Å². The standard InChI is InChI=1S/C11H10BrNO2/c1-8-3-4-9(15-2)7-10(8)13-11(14)5-6-12/h3-4,7H,1-2H3,(H,13,14). The number of hydrogen-bond acceptors (Lipinski definition) is 2. The molecule has 1 amide bonds. The van der Waals surface area contributed by atoms with Crippen molar-refractivity contribution in [3.05, 3.63) is 23.8 Å². The SMILES string of the molecule is COc1ccc(C)c(NC(=O)C#CBr)c1. The molecule has 0 aromatic heterocycles. The zero-order chi connectivity index (χ0) is 11.3. The molecule has 78 valence electrons. The number of anilines is 1. The number of amides is 1. The van der Waals surface area contributed by atoms with Gasteiger partial charge in [0, 0.05) is 33.6 Å². The van der Waals surface area contributed by atoms with E-state index in [4.69, 9.17) is 4.74 Å². The first-order valence-corrected chi connectivity index (χ1v) is 5.04. The number of ether oxygens (including phenoxy) is 1. The van der Waals surface area contributed by atoms with E-state index in [9.17, 15) is 4.79 Å². The Hall–Kier alpha value is -1.47. The van der Waals surface area contributed by atoms with Crippen molar-refractivity contribution in [3.63, 3.8) is 0 Å². The second kappa shape index (κ2) is 5.42. The van der Waals surface area contributed by atoms with Crippen molar-refractivity contribution in [3.8, 4) is 16.5 Å². The van der Waals surface area contributed by atoms with Gasteiger partial charge in [-0.2, -0.15) is 0 Å². The summed E-state index contributed by atoms with van der Waals surface area (Å²) in [6.07, 6.45) is 0. The predicted molar refractivity (Wildman–Crippen MR) is 63.1 cm³/mol. The van der Waals surface area contributed by atoms with Crippen LogP contribution < -0.4 is 10.1 Å². The fourth-order valence-electron chi connectivity index (χ4n) is 1.06. The molecule has 1 rings (SSSR count). The summed E-state index contributed by atoms with van der Waals surface area (Å²) >= 11 is 2.86. The van der Waals surface area contributed by atoms with Gasteiger partial charge in [-0.05, 0) is 23.4 Å². The van der Waals surface area contributed by atoms with Crippen molar-refractivity contribution in [1.29, 1.82) is 0 Å². The van der Waals surface area contributed by atoms with Gasteiger partial charge >= 0.3 is 5.91 Å². The van der Waals surface area contributed by atoms with Gasteiger partial charge in [-0.1, -0.05) is 6.07 Å². The van der Waals surface area contributed by atoms with Crippen LogP contribution in [0, 0.1) is 17.7 Å². The molecule has 3 nitrogen and oxygen atoms in total. The van der Waals surface area contributed by atoms with Crippen LogP contribution in [0.15, 0.2) is 18.2 Å². The molecule has 15 heavy (non-hydrogen) atoms. The molecule has 0 fully saturated rings. The molecule has 0 bridgehead atoms. The fourth-order valence-corrected chi connectivity index (χ4v) is 1.24. The number of nitrogens with one attached hydrogen (secondary N) is 1. The lowest BCUT2D eigenvalue weighted by atomic mass is 10.2. The molecule has 0 aliphatic rings. The lowest BCUT2D eigenvalue weighted by Crippen LogP contribution is -2.09. The summed E-state index contributed by atoms with van der Waals surface area (Å²) in [6.45, 7) is 1.90. The van der Waals surface area contributed by atoms with E-state index in [1.807, 2.05) is 19.1 Å². The molecular formula is C11H10BrNO2. The highest BCUT2D eigenvalue weighted by Gasteiger charge is 2.03. The van der Waals surface area contributed by atoms with Crippen LogP contribution in [0.3, 0.4) is 0 Å². The van der Waals surface area contributed by atoms with Gasteiger partial charge in [0.25, 0.3) is 0 Å². The highest BCUT2D eigenvalue weighted by Crippen LogP contribution is 2.21. The molecule has 0 aliphatic carbocycles. The Morgan fingerprint density at radius 1 is 1.53 bits per heavy atom. The summed E-state index contributed by atoms with van der Waals surface area (Å²) in [6, 6.07) is 5.46. The Kier molecular flexibility index (Phi) is 4.19. The van der Waals surface area contributed by atoms with Crippen molar-refractivity contribution in [2.75, 3.05) is 12.4 Å². The maximum absolute atomic E-state index is 11.2. The van der Waals surface area contributed by atoms with Gasteiger partial charge in [0.05, 0.1) is 7.11 Å². The number of rotatable bonds is 2. The molecule has 1 aromatic rings. The van der Waals surface area contributed by atoms with Gasteiger partial charge in [-0.25, -0.2) is 0 Å². The highest BCUT2D eigenvalue weighted by atomic mass is 79.9. The summed E-state index contributed by atoms with van der Waals surface area (Å²) in [5.41, 5.74) is 1.66. The zero-order valence-electron chi connectivity index (χ0n) is 8.43. The normalized spacial score (nSPS) is 8.73. The first kappa shape index (κ1) is 11.6. The number of hydrogen-bond donors (Lipinski definition) is 1. The third kappa shape index (κ3) is 3.30. The Balaban J connectivity index is 2.91. The quantitative estimate of drug-likeness (QED) is 0.836. The Morgan fingerprint density at radius 2 is 2.27 bits per heavy atom. The van der Waals surface area contributed by atoms with Gasteiger partial charge in [0.1, 0.15) is 5.75 Å². The molecule has 0 spiro atoms. The molecule has 1 aromatic carbocycles. The van der Waals surface area contributed by atoms with Crippen LogP contribution in [-0.2, 0) is 4.79 Å². The maximum Gasteiger partial charge on any atom is 0.301 e. The smallest absolute Gasteiger partial charge is 0.301 e. The summed E-state index contributed by atoms with van der Waals surface area (Å²) < 4.78 is 5.05. The Bertz CT molecular complexity index is 432. The van der Waals surface area contributed by atoms with Crippen LogP contribution in [-0.4, -0.2) is 13.0 Å². The molecule has 0 saturated carbocycles. The average Bonchev–Trinajstić information content (AvgIpc) is 2.21. The first-order valence-electron chi connectivity index (χ1n) is 4.24. The second-order valence-corrected chi connectivity index (χ2v) is 3.25. The predicted octanol–water partition coefficient (Wildman–Crippen LogP) is 2.30. The molecule has 0 saturated heterocycles. The fraction of sp³-hybridized carbons (Fsp3) is 0.182. The summed E-state index contributed by atoms with van der Waals surface area (Å²) in [5, 5.41) is 2.66. The Labute approximate surface area is 96.9 Å². The monoisotopic (exact) mass is 267 g/mol. The largest absolute Gasteiger partial charge is 0.497 e. The van der Waals surface area contributed by atoms with Crippen LogP contribution in [0.1, 0.15) is 5.56 Å². The highest BCUT2D eigenvalue weighted by molar-refractivity contribution is 9.12. The molecule has 0 unspecified atom stereocenters. The van der Waals surface area contributed by atoms with E-state index in [-0.39, 0.29) is 5.91 Å². The molecule has 0 radical (unpaired) electrons. The summed E-state index contributed by atoms with van der Waals surface area (Å²) in [4.78, 5) is 13.6. The number of halogens is 1. The number of carbonyl (C=O) groups excluding carboxylic acids is 1. The topological polar surface area (TPSA) is 38.3 Å². The lowest BCUT2D eigenvalue weighted by molar-refractivity contribution is -0.111. The van der Waals surface area contributed by atoms with Crippen molar-refractivity contribution in [2.24, 2.45) is 0 Å². The molecular weight excluding hydrogens is 258 g/mol. The van der Waals surface area contributed by atoms with Crippen LogP contribution in [0.2, 0.25) is 0 Å². The van der Waals surface area contributed by atoms with Crippen LogP contribution >= 0.6 is 15.9 Å². The van der Waals surface area contributed by atoms with Crippen LogP contribution in [0.25, 0.3) is 0 Å². The van der Waals surface area contributed by atoms with Gasteiger partial charge in [0.2, 0.25) is 0 Å². The Morgan fingerprint density at radius 3 is 2.87 bits per heavy atom. The minimum Gasteiger partial charge on any atom is -0.497 e. The molecule has 0 aliphatic heterocycles. The zero-order valence-corrected chi connectivity index (χ0v) is 10.0. The average molecular weight is 268 g/mol. The molecule has 0 heterocycles. The molecule has 1 N–H and O–H groups in total. The molecule has 4 heteroatoms. The first-order chi connectivity index (χ1) is 7.17. The van der Waals surface area contributed by atoms with E-state index in [0.717, 1.165) is 5.56 Å². The third-order valence-electron chi connectivity index (χ3n) is 1.85. The van der Waals surface area contributed by atoms with E-state index in [1.165, 1.54) is 0 Å². The minimum absolute atomic E-state index is 0.358. The number of carbonyl (C=O) groups is 1. The van der Waals surface area contributed by atoms with E-state index in [0.29, 0.717) is 11.4 Å². The van der Waals surface area contributed by atoms with E-state index in [1.54, 1.807) is 13.2 Å². The number of aryl methyl sites for hydroxylation is 1. The maximum atomic E-state index is 11.2. The van der Waals surface area contributed by atoms with Crippen molar-refractivity contribution >= 4 is 27.5 Å².